The van der Waals surface area contributed by atoms with Crippen LogP contribution in [0.15, 0.2) is 96.0 Å². The summed E-state index contributed by atoms with van der Waals surface area (Å²) in [5.41, 5.74) is 8.73. The second-order valence-electron chi connectivity index (χ2n) is 17.1. The molecule has 6 aromatic rings. The van der Waals surface area contributed by atoms with Crippen molar-refractivity contribution in [3.05, 3.63) is 153 Å². The lowest BCUT2D eigenvalue weighted by atomic mass is 9.90. The fraction of sp³-hybridized carbons (Fsp3) is 0.380. The number of aliphatic imine (C=N–C) groups is 1. The minimum atomic E-state index is -0.799. The lowest BCUT2D eigenvalue weighted by Crippen LogP contribution is -2.55. The van der Waals surface area contributed by atoms with Crippen molar-refractivity contribution in [2.45, 2.75) is 77.9 Å². The highest BCUT2D eigenvalue weighted by molar-refractivity contribution is 7.15. The SMILES string of the molecule is Cc1sc2c(c1C)C(c1ccc(N3CCC(O)(CN4CCN(c5cccc(F)c5)CC4)CC3)cc1)=N[C@@H](C)c1nnc(C)n1-2.Fc1ccccc1F.Oc1ccc2c(c1)CCCC2. The van der Waals surface area contributed by atoms with Crippen molar-refractivity contribution in [2.24, 2.45) is 4.99 Å². The smallest absolute Gasteiger partial charge is 0.162 e. The molecule has 10 rings (SSSR count). The van der Waals surface area contributed by atoms with Crippen LogP contribution >= 0.6 is 11.3 Å². The van der Waals surface area contributed by atoms with Gasteiger partial charge in [0.05, 0.1) is 11.3 Å². The third-order valence-electron chi connectivity index (χ3n) is 12.8. The zero-order chi connectivity index (χ0) is 44.3. The molecule has 2 aromatic heterocycles. The van der Waals surface area contributed by atoms with Gasteiger partial charge in [-0.15, -0.1) is 21.5 Å². The highest BCUT2D eigenvalue weighted by atomic mass is 32.1. The number of fused-ring (bicyclic) bond motifs is 4. The van der Waals surface area contributed by atoms with Gasteiger partial charge in [-0.1, -0.05) is 36.4 Å². The van der Waals surface area contributed by atoms with E-state index in [0.717, 1.165) is 104 Å². The van der Waals surface area contributed by atoms with Gasteiger partial charge in [0, 0.05) is 73.2 Å². The number of phenols is 1. The molecule has 5 heterocycles. The molecule has 2 N–H and O–H groups in total. The summed E-state index contributed by atoms with van der Waals surface area (Å²) in [6, 6.07) is 26.3. The molecular formula is C50H56F3N7O2S. The first-order chi connectivity index (χ1) is 30.4. The number of halogens is 3. The van der Waals surface area contributed by atoms with Crippen LogP contribution in [-0.2, 0) is 12.8 Å². The first-order valence-electron chi connectivity index (χ1n) is 22.0. The van der Waals surface area contributed by atoms with E-state index in [9.17, 15) is 23.4 Å². The number of phenolic OH excluding ortho intramolecular Hbond substituents is 1. The number of anilines is 2. The topological polar surface area (TPSA) is 93.3 Å². The van der Waals surface area contributed by atoms with Crippen LogP contribution in [0.3, 0.4) is 0 Å². The zero-order valence-electron chi connectivity index (χ0n) is 36.5. The number of piperazine rings is 1. The minimum absolute atomic E-state index is 0.103. The van der Waals surface area contributed by atoms with Crippen molar-refractivity contribution >= 4 is 28.4 Å². The van der Waals surface area contributed by atoms with E-state index in [4.69, 9.17) is 4.99 Å². The molecule has 1 aliphatic carbocycles. The fourth-order valence-corrected chi connectivity index (χ4v) is 10.3. The number of aliphatic hydroxyl groups is 1. The number of aryl methyl sites for hydroxylation is 4. The number of aromatic nitrogens is 3. The Morgan fingerprint density at radius 3 is 2.06 bits per heavy atom. The molecule has 0 bridgehead atoms. The Kier molecular flexibility index (Phi) is 13.4. The van der Waals surface area contributed by atoms with Crippen molar-refractivity contribution in [3.63, 3.8) is 0 Å². The Morgan fingerprint density at radius 1 is 0.730 bits per heavy atom. The van der Waals surface area contributed by atoms with E-state index in [1.807, 2.05) is 25.1 Å². The first-order valence-corrected chi connectivity index (χ1v) is 22.8. The third-order valence-corrected chi connectivity index (χ3v) is 14.0. The summed E-state index contributed by atoms with van der Waals surface area (Å²) in [6.07, 6.45) is 6.38. The Hall–Kier alpha value is -5.50. The van der Waals surface area contributed by atoms with E-state index in [2.05, 4.69) is 74.5 Å². The molecule has 0 radical (unpaired) electrons. The van der Waals surface area contributed by atoms with E-state index in [0.29, 0.717) is 12.3 Å². The van der Waals surface area contributed by atoms with Gasteiger partial charge < -0.3 is 20.0 Å². The average molecular weight is 876 g/mol. The quantitative estimate of drug-likeness (QED) is 0.178. The molecule has 330 valence electrons. The maximum absolute atomic E-state index is 13.7. The molecule has 4 aromatic carbocycles. The van der Waals surface area contributed by atoms with Gasteiger partial charge in [0.15, 0.2) is 17.5 Å². The number of benzene rings is 4. The first kappa shape index (κ1) is 44.1. The summed E-state index contributed by atoms with van der Waals surface area (Å²) in [5.74, 6) is 0.380. The molecule has 3 aliphatic heterocycles. The van der Waals surface area contributed by atoms with E-state index in [-0.39, 0.29) is 11.9 Å². The van der Waals surface area contributed by atoms with Crippen molar-refractivity contribution in [1.29, 1.82) is 0 Å². The predicted molar refractivity (Wildman–Crippen MR) is 246 cm³/mol. The molecule has 2 fully saturated rings. The summed E-state index contributed by atoms with van der Waals surface area (Å²) in [5, 5.41) is 30.7. The van der Waals surface area contributed by atoms with Crippen molar-refractivity contribution in [1.82, 2.24) is 19.7 Å². The largest absolute Gasteiger partial charge is 0.508 e. The normalized spacial score (nSPS) is 18.1. The monoisotopic (exact) mass is 875 g/mol. The number of hydrogen-bond acceptors (Lipinski definition) is 9. The van der Waals surface area contributed by atoms with Crippen molar-refractivity contribution < 1.29 is 23.4 Å². The van der Waals surface area contributed by atoms with Gasteiger partial charge in [0.1, 0.15) is 28.4 Å². The molecule has 0 saturated carbocycles. The molecule has 0 spiro atoms. The van der Waals surface area contributed by atoms with E-state index in [1.54, 1.807) is 29.5 Å². The number of piperidine rings is 1. The number of hydrogen-bond donors (Lipinski definition) is 2. The maximum Gasteiger partial charge on any atom is 0.162 e. The van der Waals surface area contributed by atoms with Crippen LogP contribution in [-0.4, -0.2) is 87.0 Å². The van der Waals surface area contributed by atoms with Gasteiger partial charge in [-0.3, -0.25) is 14.5 Å². The van der Waals surface area contributed by atoms with Gasteiger partial charge in [0.2, 0.25) is 0 Å². The van der Waals surface area contributed by atoms with Crippen LogP contribution in [0, 0.1) is 38.2 Å². The van der Waals surface area contributed by atoms with E-state index < -0.39 is 17.2 Å². The fourth-order valence-electron chi connectivity index (χ4n) is 9.06. The van der Waals surface area contributed by atoms with Gasteiger partial charge in [-0.05, 0) is 138 Å². The van der Waals surface area contributed by atoms with Crippen LogP contribution in [0.5, 0.6) is 5.75 Å². The number of thiophene rings is 1. The Labute approximate surface area is 372 Å². The van der Waals surface area contributed by atoms with Gasteiger partial charge in [-0.2, -0.15) is 0 Å². The van der Waals surface area contributed by atoms with Crippen LogP contribution in [0.2, 0.25) is 0 Å². The minimum Gasteiger partial charge on any atom is -0.508 e. The second-order valence-corrected chi connectivity index (χ2v) is 18.3. The lowest BCUT2D eigenvalue weighted by molar-refractivity contribution is -0.0173. The number of aromatic hydroxyl groups is 1. The van der Waals surface area contributed by atoms with Gasteiger partial charge in [0.25, 0.3) is 0 Å². The van der Waals surface area contributed by atoms with E-state index in [1.165, 1.54) is 70.3 Å². The number of nitrogens with zero attached hydrogens (tertiary/aromatic N) is 7. The number of rotatable bonds is 5. The summed E-state index contributed by atoms with van der Waals surface area (Å²) in [6.45, 7) is 14.2. The summed E-state index contributed by atoms with van der Waals surface area (Å²) < 4.78 is 39.7. The Bertz CT molecular complexity index is 2540. The molecule has 0 amide bonds. The Balaban J connectivity index is 0.000000234. The second kappa shape index (κ2) is 19.1. The molecule has 63 heavy (non-hydrogen) atoms. The lowest BCUT2D eigenvalue weighted by Gasteiger charge is -2.44. The summed E-state index contributed by atoms with van der Waals surface area (Å²) in [7, 11) is 0. The van der Waals surface area contributed by atoms with Gasteiger partial charge >= 0.3 is 0 Å². The molecule has 9 nitrogen and oxygen atoms in total. The molecule has 13 heteroatoms. The maximum atomic E-state index is 13.7. The zero-order valence-corrected chi connectivity index (χ0v) is 37.3. The predicted octanol–water partition coefficient (Wildman–Crippen LogP) is 9.69. The molecule has 2 saturated heterocycles. The molecule has 4 aliphatic rings. The highest BCUT2D eigenvalue weighted by Crippen LogP contribution is 2.39. The van der Waals surface area contributed by atoms with Crippen molar-refractivity contribution in [3.8, 4) is 10.8 Å². The molecule has 1 atom stereocenters. The van der Waals surface area contributed by atoms with E-state index >= 15 is 0 Å². The number of β-amino-alcohol motifs (C(OH)–C–C–N with tert-alkyl or cyclic N) is 1. The molecule has 0 unspecified atom stereocenters. The summed E-state index contributed by atoms with van der Waals surface area (Å²) in [4.78, 5) is 13.4. The van der Waals surface area contributed by atoms with Gasteiger partial charge in [-0.25, -0.2) is 13.2 Å². The van der Waals surface area contributed by atoms with Crippen LogP contribution in [0.1, 0.15) is 83.0 Å². The molecular weight excluding hydrogens is 820 g/mol. The standard InChI is InChI=1S/C34H40FN7OS.C10H12O.C6H4F2/c1-22-24(3)44-33-30(22)31(36-23(2)32-38-37-25(4)42(32)33)26-8-10-28(11-9-26)40-14-12-34(43,13-15-40)21-39-16-18-41(19-17-39)29-7-5-6-27(35)20-29;11-10-6-5-8-3-1-2-4-9(8)7-10;7-5-3-1-2-4-6(5)8/h5-11,20,23,43H,12-19,21H2,1-4H3;5-7,11H,1-4H2;1-4H/t23-;;/m0../s1. The summed E-state index contributed by atoms with van der Waals surface area (Å²) >= 11 is 1.78. The highest BCUT2D eigenvalue weighted by Gasteiger charge is 2.35. The Morgan fingerprint density at radius 2 is 1.40 bits per heavy atom. The van der Waals surface area contributed by atoms with Crippen molar-refractivity contribution in [2.75, 3.05) is 55.6 Å². The van der Waals surface area contributed by atoms with Crippen LogP contribution in [0.4, 0.5) is 24.5 Å². The third kappa shape index (κ3) is 10.0. The van der Waals surface area contributed by atoms with Crippen LogP contribution < -0.4 is 9.80 Å². The average Bonchev–Trinajstić information content (AvgIpc) is 3.78. The van der Waals surface area contributed by atoms with Crippen LogP contribution in [0.25, 0.3) is 5.00 Å².